The highest BCUT2D eigenvalue weighted by Gasteiger charge is 2.15. The van der Waals surface area contributed by atoms with Gasteiger partial charge in [-0.1, -0.05) is 0 Å². The van der Waals surface area contributed by atoms with Gasteiger partial charge >= 0.3 is 0 Å². The Morgan fingerprint density at radius 1 is 0.633 bits per heavy atom. The van der Waals surface area contributed by atoms with Crippen LogP contribution in [0.15, 0.2) is 71.1 Å². The van der Waals surface area contributed by atoms with E-state index in [0.717, 1.165) is 5.56 Å². The number of aromatic nitrogens is 4. The Morgan fingerprint density at radius 2 is 1.17 bits per heavy atom. The summed E-state index contributed by atoms with van der Waals surface area (Å²) in [6.07, 6.45) is 0. The van der Waals surface area contributed by atoms with E-state index >= 15 is 0 Å². The second-order valence-corrected chi connectivity index (χ2v) is 6.76. The number of halogens is 2. The lowest BCUT2D eigenvalue weighted by Crippen LogP contribution is -1.96. The lowest BCUT2D eigenvalue weighted by atomic mass is 10.0. The van der Waals surface area contributed by atoms with Crippen molar-refractivity contribution in [1.82, 2.24) is 20.2 Å². The van der Waals surface area contributed by atoms with Gasteiger partial charge < -0.3 is 4.42 Å². The molecule has 5 rings (SSSR count). The molecular weight excluding hydrogens is 386 g/mol. The maximum Gasteiger partial charge on any atom is 0.247 e. The molecule has 0 radical (unpaired) electrons. The standard InChI is InChI=1S/C23H14F2N4O/c1-13-28-29-23(30-13)16-6-11-19-20(12-16)27-22(15-4-9-18(25)10-5-15)21(26-19)14-2-7-17(24)8-3-14/h2-12H,1H3. The molecule has 0 aliphatic carbocycles. The van der Waals surface area contributed by atoms with Crippen molar-refractivity contribution in [3.63, 3.8) is 0 Å². The number of hydrogen-bond acceptors (Lipinski definition) is 5. The molecule has 0 aliphatic heterocycles. The van der Waals surface area contributed by atoms with Crippen LogP contribution in [-0.4, -0.2) is 20.2 Å². The highest BCUT2D eigenvalue weighted by molar-refractivity contribution is 5.88. The van der Waals surface area contributed by atoms with Crippen molar-refractivity contribution < 1.29 is 13.2 Å². The Morgan fingerprint density at radius 3 is 1.70 bits per heavy atom. The zero-order chi connectivity index (χ0) is 20.7. The van der Waals surface area contributed by atoms with Crippen LogP contribution in [0.3, 0.4) is 0 Å². The lowest BCUT2D eigenvalue weighted by molar-refractivity contribution is 0.533. The third-order valence-electron chi connectivity index (χ3n) is 4.67. The highest BCUT2D eigenvalue weighted by atomic mass is 19.1. The summed E-state index contributed by atoms with van der Waals surface area (Å²) >= 11 is 0. The van der Waals surface area contributed by atoms with Crippen LogP contribution in [0.5, 0.6) is 0 Å². The van der Waals surface area contributed by atoms with Gasteiger partial charge in [0.25, 0.3) is 0 Å². The zero-order valence-electron chi connectivity index (χ0n) is 15.8. The van der Waals surface area contributed by atoms with Crippen LogP contribution in [0.4, 0.5) is 8.78 Å². The number of nitrogens with zero attached hydrogens (tertiary/aromatic N) is 4. The van der Waals surface area contributed by atoms with Crippen molar-refractivity contribution in [3.05, 3.63) is 84.3 Å². The van der Waals surface area contributed by atoms with Gasteiger partial charge in [0.05, 0.1) is 22.4 Å². The second-order valence-electron chi connectivity index (χ2n) is 6.76. The van der Waals surface area contributed by atoms with Gasteiger partial charge in [-0.15, -0.1) is 10.2 Å². The van der Waals surface area contributed by atoms with Crippen molar-refractivity contribution in [3.8, 4) is 34.0 Å². The van der Waals surface area contributed by atoms with Gasteiger partial charge in [-0.2, -0.15) is 0 Å². The summed E-state index contributed by atoms with van der Waals surface area (Å²) in [5, 5.41) is 7.90. The molecule has 0 atom stereocenters. The average molecular weight is 400 g/mol. The van der Waals surface area contributed by atoms with E-state index in [9.17, 15) is 8.78 Å². The fourth-order valence-electron chi connectivity index (χ4n) is 3.22. The molecule has 0 amide bonds. The molecule has 0 saturated heterocycles. The minimum atomic E-state index is -0.343. The number of benzene rings is 3. The normalized spacial score (nSPS) is 11.2. The summed E-state index contributed by atoms with van der Waals surface area (Å²) < 4.78 is 32.4. The van der Waals surface area contributed by atoms with Crippen LogP contribution in [0, 0.1) is 18.6 Å². The van der Waals surface area contributed by atoms with E-state index in [-0.39, 0.29) is 11.6 Å². The van der Waals surface area contributed by atoms with Gasteiger partial charge in [0.15, 0.2) is 0 Å². The van der Waals surface area contributed by atoms with E-state index in [1.807, 2.05) is 18.2 Å². The highest BCUT2D eigenvalue weighted by Crippen LogP contribution is 2.32. The molecule has 146 valence electrons. The van der Waals surface area contributed by atoms with Crippen LogP contribution in [0.1, 0.15) is 5.89 Å². The van der Waals surface area contributed by atoms with Crippen molar-refractivity contribution in [2.45, 2.75) is 6.92 Å². The Hall–Kier alpha value is -4.00. The van der Waals surface area contributed by atoms with Crippen molar-refractivity contribution >= 4 is 11.0 Å². The summed E-state index contributed by atoms with van der Waals surface area (Å²) in [6.45, 7) is 1.72. The fraction of sp³-hybridized carbons (Fsp3) is 0.0435. The first-order chi connectivity index (χ1) is 14.6. The predicted molar refractivity (Wildman–Crippen MR) is 108 cm³/mol. The van der Waals surface area contributed by atoms with Crippen molar-refractivity contribution in [1.29, 1.82) is 0 Å². The largest absolute Gasteiger partial charge is 0.421 e. The monoisotopic (exact) mass is 400 g/mol. The van der Waals surface area contributed by atoms with Gasteiger partial charge in [-0.3, -0.25) is 0 Å². The van der Waals surface area contributed by atoms with Crippen LogP contribution < -0.4 is 0 Å². The van der Waals surface area contributed by atoms with E-state index in [1.54, 1.807) is 31.2 Å². The minimum absolute atomic E-state index is 0.338. The SMILES string of the molecule is Cc1nnc(-c2ccc3nc(-c4ccc(F)cc4)c(-c4ccc(F)cc4)nc3c2)o1. The van der Waals surface area contributed by atoms with E-state index in [4.69, 9.17) is 14.4 Å². The van der Waals surface area contributed by atoms with E-state index in [1.165, 1.54) is 24.3 Å². The number of rotatable bonds is 3. The number of hydrogen-bond donors (Lipinski definition) is 0. The second kappa shape index (κ2) is 7.11. The topological polar surface area (TPSA) is 64.7 Å². The third-order valence-corrected chi connectivity index (χ3v) is 4.67. The van der Waals surface area contributed by atoms with Gasteiger partial charge in [-0.05, 0) is 66.7 Å². The molecule has 0 fully saturated rings. The van der Waals surface area contributed by atoms with Gasteiger partial charge in [0, 0.05) is 23.6 Å². The molecule has 2 aromatic heterocycles. The molecule has 30 heavy (non-hydrogen) atoms. The molecule has 5 aromatic rings. The molecule has 0 saturated carbocycles. The first kappa shape index (κ1) is 18.1. The van der Waals surface area contributed by atoms with Gasteiger partial charge in [-0.25, -0.2) is 18.7 Å². The first-order valence-electron chi connectivity index (χ1n) is 9.21. The Bertz CT molecular complexity index is 1360. The zero-order valence-corrected chi connectivity index (χ0v) is 15.8. The van der Waals surface area contributed by atoms with Crippen LogP contribution in [-0.2, 0) is 0 Å². The van der Waals surface area contributed by atoms with Crippen molar-refractivity contribution in [2.75, 3.05) is 0 Å². The van der Waals surface area contributed by atoms with Gasteiger partial charge in [0.2, 0.25) is 11.8 Å². The Labute approximate surface area is 170 Å². The predicted octanol–water partition coefficient (Wildman–Crippen LogP) is 5.60. The van der Waals surface area contributed by atoms with Crippen molar-refractivity contribution in [2.24, 2.45) is 0 Å². The fourth-order valence-corrected chi connectivity index (χ4v) is 3.22. The summed E-state index contributed by atoms with van der Waals surface area (Å²) in [5.74, 6) is 0.178. The molecule has 3 aromatic carbocycles. The molecule has 0 unspecified atom stereocenters. The molecule has 0 bridgehead atoms. The van der Waals surface area contributed by atoms with Gasteiger partial charge in [0.1, 0.15) is 11.6 Å². The summed E-state index contributed by atoms with van der Waals surface area (Å²) in [4.78, 5) is 9.57. The molecule has 5 nitrogen and oxygen atoms in total. The summed E-state index contributed by atoms with van der Waals surface area (Å²) in [6, 6.07) is 17.5. The minimum Gasteiger partial charge on any atom is -0.421 e. The molecule has 7 heteroatoms. The first-order valence-corrected chi connectivity index (χ1v) is 9.21. The molecule has 0 spiro atoms. The van der Waals surface area contributed by atoms with E-state index in [2.05, 4.69) is 10.2 Å². The number of aryl methyl sites for hydroxylation is 1. The van der Waals surface area contributed by atoms with Crippen LogP contribution in [0.2, 0.25) is 0 Å². The quantitative estimate of drug-likeness (QED) is 0.394. The molecule has 2 heterocycles. The molecular formula is C23H14F2N4O. The maximum absolute atomic E-state index is 13.5. The van der Waals surface area contributed by atoms with Crippen LogP contribution >= 0.6 is 0 Å². The summed E-state index contributed by atoms with van der Waals surface area (Å²) in [7, 11) is 0. The third kappa shape index (κ3) is 3.30. The smallest absolute Gasteiger partial charge is 0.247 e. The maximum atomic E-state index is 13.5. The molecule has 0 N–H and O–H groups in total. The average Bonchev–Trinajstić information content (AvgIpc) is 3.20. The summed E-state index contributed by atoms with van der Waals surface area (Å²) in [5.41, 5.74) is 4.54. The Kier molecular flexibility index (Phi) is 4.28. The van der Waals surface area contributed by atoms with E-state index in [0.29, 0.717) is 45.3 Å². The molecule has 0 aliphatic rings. The Balaban J connectivity index is 1.73. The van der Waals surface area contributed by atoms with Crippen LogP contribution in [0.25, 0.3) is 45.0 Å². The number of fused-ring (bicyclic) bond motifs is 1. The lowest BCUT2D eigenvalue weighted by Gasteiger charge is -2.11. The van der Waals surface area contributed by atoms with E-state index < -0.39 is 0 Å².